The molecule has 1 atom stereocenters. The van der Waals surface area contributed by atoms with Crippen molar-refractivity contribution >= 4 is 45.1 Å². The van der Waals surface area contributed by atoms with Gasteiger partial charge in [-0.25, -0.2) is 17.9 Å². The largest absolute Gasteiger partial charge is 0.467 e. The van der Waals surface area contributed by atoms with Crippen LogP contribution in [0.3, 0.4) is 0 Å². The second-order valence-electron chi connectivity index (χ2n) is 5.67. The Labute approximate surface area is 157 Å². The molecule has 0 bridgehead atoms. The van der Waals surface area contributed by atoms with Gasteiger partial charge in [-0.05, 0) is 30.5 Å². The molecule has 1 rings (SSSR count). The average molecular weight is 411 g/mol. The fourth-order valence-corrected chi connectivity index (χ4v) is 3.76. The third-order valence-electron chi connectivity index (χ3n) is 3.13. The van der Waals surface area contributed by atoms with E-state index in [1.165, 1.54) is 25.3 Å². The maximum atomic E-state index is 12.2. The van der Waals surface area contributed by atoms with Gasteiger partial charge in [-0.2, -0.15) is 0 Å². The Morgan fingerprint density at radius 3 is 2.40 bits per heavy atom. The smallest absolute Gasteiger partial charge is 0.328 e. The summed E-state index contributed by atoms with van der Waals surface area (Å²) >= 11 is 11.6. The molecule has 1 aromatic carbocycles. The van der Waals surface area contributed by atoms with Crippen LogP contribution in [0, 0.1) is 5.92 Å². The molecule has 1 amide bonds. The quantitative estimate of drug-likeness (QED) is 0.637. The van der Waals surface area contributed by atoms with Gasteiger partial charge < -0.3 is 10.1 Å². The molecule has 0 aliphatic carbocycles. The van der Waals surface area contributed by atoms with E-state index in [-0.39, 0.29) is 20.9 Å². The molecule has 0 saturated heterocycles. The highest BCUT2D eigenvalue weighted by Crippen LogP contribution is 2.24. The van der Waals surface area contributed by atoms with E-state index in [9.17, 15) is 18.0 Å². The minimum absolute atomic E-state index is 0.0624. The summed E-state index contributed by atoms with van der Waals surface area (Å²) in [5.41, 5.74) is 0. The lowest BCUT2D eigenvalue weighted by Crippen LogP contribution is -2.46. The van der Waals surface area contributed by atoms with E-state index in [2.05, 4.69) is 14.8 Å². The molecule has 140 valence electrons. The predicted molar refractivity (Wildman–Crippen MR) is 95.1 cm³/mol. The maximum Gasteiger partial charge on any atom is 0.328 e. The lowest BCUT2D eigenvalue weighted by atomic mass is 10.0. The van der Waals surface area contributed by atoms with E-state index in [1.54, 1.807) is 0 Å². The van der Waals surface area contributed by atoms with E-state index >= 15 is 0 Å². The van der Waals surface area contributed by atoms with Crippen LogP contribution in [0.4, 0.5) is 0 Å². The predicted octanol–water partition coefficient (Wildman–Crippen LogP) is 1.98. The fraction of sp³-hybridized carbons (Fsp3) is 0.467. The van der Waals surface area contributed by atoms with E-state index in [0.717, 1.165) is 0 Å². The van der Waals surface area contributed by atoms with Crippen molar-refractivity contribution in [2.75, 3.05) is 13.7 Å². The van der Waals surface area contributed by atoms with E-state index in [4.69, 9.17) is 23.2 Å². The number of hydrogen-bond acceptors (Lipinski definition) is 5. The van der Waals surface area contributed by atoms with Gasteiger partial charge in [-0.3, -0.25) is 4.79 Å². The Hall–Kier alpha value is -1.35. The normalized spacial score (nSPS) is 12.7. The highest BCUT2D eigenvalue weighted by atomic mass is 35.5. The summed E-state index contributed by atoms with van der Waals surface area (Å²) in [6.07, 6.45) is 0.369. The summed E-state index contributed by atoms with van der Waals surface area (Å²) in [7, 11) is -2.79. The summed E-state index contributed by atoms with van der Waals surface area (Å²) < 4.78 is 31.2. The molecule has 0 aliphatic heterocycles. The number of carbonyl (C=O) groups excluding carboxylic acids is 2. The van der Waals surface area contributed by atoms with E-state index < -0.39 is 34.5 Å². The lowest BCUT2D eigenvalue weighted by molar-refractivity contribution is -0.145. The zero-order chi connectivity index (χ0) is 19.2. The van der Waals surface area contributed by atoms with Crippen LogP contribution in [-0.2, 0) is 24.3 Å². The molecule has 0 saturated carbocycles. The van der Waals surface area contributed by atoms with Gasteiger partial charge in [0.15, 0.2) is 0 Å². The fourth-order valence-electron chi connectivity index (χ4n) is 2.00. The molecule has 0 heterocycles. The van der Waals surface area contributed by atoms with Gasteiger partial charge in [0.25, 0.3) is 0 Å². The molecule has 0 aliphatic rings. The summed E-state index contributed by atoms with van der Waals surface area (Å²) in [6.45, 7) is 3.22. The van der Waals surface area contributed by atoms with Gasteiger partial charge in [0.1, 0.15) is 10.9 Å². The van der Waals surface area contributed by atoms with Gasteiger partial charge >= 0.3 is 5.97 Å². The molecule has 0 fully saturated rings. The van der Waals surface area contributed by atoms with E-state index in [1.807, 2.05) is 13.8 Å². The van der Waals surface area contributed by atoms with Crippen LogP contribution in [0.15, 0.2) is 23.1 Å². The SMILES string of the molecule is COC(=O)C(CC(C)C)NC(=O)CNS(=O)(=O)c1ccc(Cl)cc1Cl. The number of halogens is 2. The maximum absolute atomic E-state index is 12.2. The number of rotatable bonds is 8. The Bertz CT molecular complexity index is 737. The van der Waals surface area contributed by atoms with Crippen molar-refractivity contribution in [2.45, 2.75) is 31.2 Å². The number of amides is 1. The van der Waals surface area contributed by atoms with Crippen LogP contribution in [0.1, 0.15) is 20.3 Å². The van der Waals surface area contributed by atoms with Crippen molar-refractivity contribution < 1.29 is 22.7 Å². The van der Waals surface area contributed by atoms with Crippen LogP contribution in [0.2, 0.25) is 10.0 Å². The molecular weight excluding hydrogens is 391 g/mol. The molecule has 0 spiro atoms. The van der Waals surface area contributed by atoms with Gasteiger partial charge in [0.05, 0.1) is 18.7 Å². The zero-order valence-electron chi connectivity index (χ0n) is 14.0. The van der Waals surface area contributed by atoms with Crippen molar-refractivity contribution in [2.24, 2.45) is 5.92 Å². The average Bonchev–Trinajstić information content (AvgIpc) is 2.50. The molecule has 2 N–H and O–H groups in total. The highest BCUT2D eigenvalue weighted by molar-refractivity contribution is 7.89. The lowest BCUT2D eigenvalue weighted by Gasteiger charge is -2.18. The Morgan fingerprint density at radius 1 is 1.24 bits per heavy atom. The standard InChI is InChI=1S/C15H20Cl2N2O5S/c1-9(2)6-12(15(21)24-3)19-14(20)8-18-25(22,23)13-5-4-10(16)7-11(13)17/h4-5,7,9,12,18H,6,8H2,1-3H3,(H,19,20). The number of hydrogen-bond donors (Lipinski definition) is 2. The summed E-state index contributed by atoms with van der Waals surface area (Å²) in [4.78, 5) is 23.5. The minimum atomic E-state index is -4.01. The van der Waals surface area contributed by atoms with Gasteiger partial charge in [0.2, 0.25) is 15.9 Å². The molecule has 1 unspecified atom stereocenters. The van der Waals surface area contributed by atoms with Crippen molar-refractivity contribution in [1.82, 2.24) is 10.0 Å². The van der Waals surface area contributed by atoms with Crippen molar-refractivity contribution in [3.8, 4) is 0 Å². The Morgan fingerprint density at radius 2 is 1.88 bits per heavy atom. The molecule has 1 aromatic rings. The first-order valence-corrected chi connectivity index (χ1v) is 9.62. The van der Waals surface area contributed by atoms with Crippen LogP contribution >= 0.6 is 23.2 Å². The topological polar surface area (TPSA) is 102 Å². The van der Waals surface area contributed by atoms with Gasteiger partial charge in [-0.15, -0.1) is 0 Å². The number of sulfonamides is 1. The van der Waals surface area contributed by atoms with E-state index in [0.29, 0.717) is 6.42 Å². The summed E-state index contributed by atoms with van der Waals surface area (Å²) in [5, 5.41) is 2.68. The minimum Gasteiger partial charge on any atom is -0.467 e. The molecule has 0 radical (unpaired) electrons. The number of nitrogens with one attached hydrogen (secondary N) is 2. The van der Waals surface area contributed by atoms with Crippen molar-refractivity contribution in [3.05, 3.63) is 28.2 Å². The first kappa shape index (κ1) is 21.7. The Kier molecular flexibility index (Phi) is 8.14. The van der Waals surface area contributed by atoms with Crippen LogP contribution in [0.5, 0.6) is 0 Å². The molecular formula is C15H20Cl2N2O5S. The third kappa shape index (κ3) is 6.81. The molecule has 7 nitrogen and oxygen atoms in total. The first-order valence-electron chi connectivity index (χ1n) is 7.38. The van der Waals surface area contributed by atoms with Crippen molar-refractivity contribution in [1.29, 1.82) is 0 Å². The third-order valence-corrected chi connectivity index (χ3v) is 5.25. The van der Waals surface area contributed by atoms with Crippen molar-refractivity contribution in [3.63, 3.8) is 0 Å². The molecule has 0 aromatic heterocycles. The number of esters is 1. The van der Waals surface area contributed by atoms with Crippen LogP contribution in [0.25, 0.3) is 0 Å². The highest BCUT2D eigenvalue weighted by Gasteiger charge is 2.24. The zero-order valence-corrected chi connectivity index (χ0v) is 16.3. The van der Waals surface area contributed by atoms with Crippen LogP contribution in [-0.4, -0.2) is 40.0 Å². The second kappa shape index (κ2) is 9.38. The molecule has 10 heteroatoms. The Balaban J connectivity index is 2.75. The van der Waals surface area contributed by atoms with Gasteiger partial charge in [0, 0.05) is 5.02 Å². The second-order valence-corrected chi connectivity index (χ2v) is 8.25. The number of carbonyl (C=O) groups is 2. The summed E-state index contributed by atoms with van der Waals surface area (Å²) in [6, 6.07) is 3.05. The van der Waals surface area contributed by atoms with Gasteiger partial charge in [-0.1, -0.05) is 37.0 Å². The number of benzene rings is 1. The monoisotopic (exact) mass is 410 g/mol. The number of ether oxygens (including phenoxy) is 1. The first-order chi connectivity index (χ1) is 11.6. The summed E-state index contributed by atoms with van der Waals surface area (Å²) in [5.74, 6) is -1.12. The number of methoxy groups -OCH3 is 1. The van der Waals surface area contributed by atoms with Crippen LogP contribution < -0.4 is 10.0 Å². The molecule has 25 heavy (non-hydrogen) atoms.